The van der Waals surface area contributed by atoms with Crippen LogP contribution in [0.15, 0.2) is 115 Å². The first-order valence-corrected chi connectivity index (χ1v) is 16.0. The molecule has 4 rings (SSSR count). The third kappa shape index (κ3) is 10.8. The second-order valence-corrected chi connectivity index (χ2v) is 6.56. The van der Waals surface area contributed by atoms with Crippen LogP contribution < -0.4 is 0 Å². The highest BCUT2D eigenvalue weighted by Crippen LogP contribution is 2.55. The van der Waals surface area contributed by atoms with Gasteiger partial charge in [-0.2, -0.15) is 0 Å². The normalized spacial score (nSPS) is 11.0. The number of rotatable bonds is 4. The summed E-state index contributed by atoms with van der Waals surface area (Å²) < 4.78 is 0. The van der Waals surface area contributed by atoms with Crippen molar-refractivity contribution in [1.82, 2.24) is 0 Å². The van der Waals surface area contributed by atoms with Gasteiger partial charge < -0.3 is 0 Å². The van der Waals surface area contributed by atoms with E-state index >= 15 is 0 Å². The highest BCUT2D eigenvalue weighted by molar-refractivity contribution is 5.91. The van der Waals surface area contributed by atoms with Crippen LogP contribution in [0, 0.1) is 0 Å². The molecule has 0 radical (unpaired) electrons. The monoisotopic (exact) mass is 545 g/mol. The van der Waals surface area contributed by atoms with E-state index in [1.807, 2.05) is 103 Å². The highest BCUT2D eigenvalue weighted by Gasteiger charge is 2.45. The molecule has 0 heteroatoms. The topological polar surface area (TPSA) is 0 Å². The molecule has 0 N–H and O–H groups in total. The maximum Gasteiger partial charge on any atom is 0.0713 e. The predicted molar refractivity (Wildman–Crippen MR) is 191 cm³/mol. The second-order valence-electron chi connectivity index (χ2n) is 6.56. The molecule has 0 aliphatic heterocycles. The molecule has 0 spiro atoms. The van der Waals surface area contributed by atoms with Crippen molar-refractivity contribution in [2.24, 2.45) is 0 Å². The fraction of sp³-hybridized carbons (Fsp3) is 0.400. The summed E-state index contributed by atoms with van der Waals surface area (Å²) >= 11 is 0. The Morgan fingerprint density at radius 3 is 1.20 bits per heavy atom. The third-order valence-corrected chi connectivity index (χ3v) is 5.27. The first kappa shape index (κ1) is 43.9. The molecule has 40 heavy (non-hydrogen) atoms. The molecule has 0 saturated carbocycles. The van der Waals surface area contributed by atoms with Crippen molar-refractivity contribution < 1.29 is 0 Å². The number of allylic oxidation sites excluding steroid dienone is 5. The number of fused-ring (bicyclic) bond motifs is 1. The van der Waals surface area contributed by atoms with Gasteiger partial charge in [0.2, 0.25) is 0 Å². The average Bonchev–Trinajstić information content (AvgIpc) is 3.38. The Morgan fingerprint density at radius 1 is 0.500 bits per heavy atom. The molecule has 0 aromatic heterocycles. The van der Waals surface area contributed by atoms with Gasteiger partial charge in [-0.1, -0.05) is 207 Å². The van der Waals surface area contributed by atoms with E-state index in [0.717, 1.165) is 0 Å². The lowest BCUT2D eigenvalue weighted by Crippen LogP contribution is -2.29. The maximum atomic E-state index is 4.14. The Kier molecular flexibility index (Phi) is 33.4. The summed E-state index contributed by atoms with van der Waals surface area (Å²) in [6.07, 6.45) is 6.38. The minimum atomic E-state index is -0.324. The predicted octanol–water partition coefficient (Wildman–Crippen LogP) is 13.7. The maximum absolute atomic E-state index is 4.14. The Balaban J connectivity index is -0.000000406. The quantitative estimate of drug-likeness (QED) is 0.306. The van der Waals surface area contributed by atoms with Crippen LogP contribution in [0.2, 0.25) is 0 Å². The van der Waals surface area contributed by atoms with E-state index in [0.29, 0.717) is 0 Å². The van der Waals surface area contributed by atoms with Gasteiger partial charge in [0.05, 0.1) is 5.41 Å². The number of benzene rings is 3. The summed E-state index contributed by atoms with van der Waals surface area (Å²) in [6.45, 7) is 34.2. The number of hydrogen-bond acceptors (Lipinski definition) is 0. The summed E-state index contributed by atoms with van der Waals surface area (Å²) in [7, 11) is 0. The lowest BCUT2D eigenvalue weighted by Gasteiger charge is -2.34. The van der Waals surface area contributed by atoms with Crippen molar-refractivity contribution in [3.63, 3.8) is 0 Å². The lowest BCUT2D eigenvalue weighted by molar-refractivity contribution is 0.761. The van der Waals surface area contributed by atoms with Crippen LogP contribution in [0.3, 0.4) is 0 Å². The van der Waals surface area contributed by atoms with Gasteiger partial charge in [-0.15, -0.1) is 0 Å². The fourth-order valence-electron chi connectivity index (χ4n) is 4.30. The van der Waals surface area contributed by atoms with Crippen molar-refractivity contribution in [3.05, 3.63) is 138 Å². The Morgan fingerprint density at radius 2 is 0.850 bits per heavy atom. The van der Waals surface area contributed by atoms with Gasteiger partial charge in [0.1, 0.15) is 0 Å². The minimum absolute atomic E-state index is 0.324. The van der Waals surface area contributed by atoms with Crippen molar-refractivity contribution >= 4 is 5.57 Å². The third-order valence-electron chi connectivity index (χ3n) is 5.27. The van der Waals surface area contributed by atoms with Crippen molar-refractivity contribution in [1.29, 1.82) is 0 Å². The summed E-state index contributed by atoms with van der Waals surface area (Å²) in [5.41, 5.74) is 7.32. The summed E-state index contributed by atoms with van der Waals surface area (Å²) in [5, 5.41) is 0. The van der Waals surface area contributed by atoms with E-state index in [-0.39, 0.29) is 5.41 Å². The summed E-state index contributed by atoms with van der Waals surface area (Å²) in [4.78, 5) is 0. The van der Waals surface area contributed by atoms with Gasteiger partial charge in [-0.25, -0.2) is 0 Å². The molecule has 1 aliphatic carbocycles. The fourth-order valence-corrected chi connectivity index (χ4v) is 4.30. The molecule has 0 bridgehead atoms. The molecule has 0 atom stereocenters. The zero-order valence-corrected chi connectivity index (χ0v) is 29.0. The van der Waals surface area contributed by atoms with Gasteiger partial charge >= 0.3 is 0 Å². The number of hydrogen-bond donors (Lipinski definition) is 0. The van der Waals surface area contributed by atoms with Crippen LogP contribution in [0.1, 0.15) is 126 Å². The zero-order chi connectivity index (χ0) is 32.0. The molecular formula is C40H64. The van der Waals surface area contributed by atoms with Crippen molar-refractivity contribution in [2.45, 2.75) is 109 Å². The van der Waals surface area contributed by atoms with E-state index < -0.39 is 0 Å². The molecule has 0 saturated heterocycles. The van der Waals surface area contributed by atoms with E-state index in [1.54, 1.807) is 0 Å². The standard InChI is InChI=1S/C26H22.7C2H6/c1-3-13-24-22(4-2)23-18-11-12-19-25(23)26(24,20-14-7-5-8-15-20)21-16-9-6-10-17-21;7*1-2/h3-19H,2H2,1H3;7*1-2H3/b13-3-;;;;;;;. The van der Waals surface area contributed by atoms with Crippen LogP contribution in [-0.2, 0) is 5.41 Å². The molecule has 0 heterocycles. The highest BCUT2D eigenvalue weighted by atomic mass is 14.5. The van der Waals surface area contributed by atoms with E-state index in [9.17, 15) is 0 Å². The minimum Gasteiger partial charge on any atom is -0.0984 e. The molecule has 224 valence electrons. The van der Waals surface area contributed by atoms with E-state index in [4.69, 9.17) is 0 Å². The van der Waals surface area contributed by atoms with Crippen LogP contribution in [0.5, 0.6) is 0 Å². The van der Waals surface area contributed by atoms with Gasteiger partial charge in [0, 0.05) is 0 Å². The Hall–Kier alpha value is -3.12. The molecule has 3 aromatic rings. The summed E-state index contributed by atoms with van der Waals surface area (Å²) in [5.74, 6) is 0. The molecule has 0 nitrogen and oxygen atoms in total. The van der Waals surface area contributed by atoms with Crippen LogP contribution in [0.4, 0.5) is 0 Å². The SMILES string of the molecule is C=CC1=C(/C=C\C)C(c2ccccc2)(c2ccccc2)c2ccccc21.CC.CC.CC.CC.CC.CC.CC. The van der Waals surface area contributed by atoms with Gasteiger partial charge in [-0.05, 0) is 40.3 Å². The van der Waals surface area contributed by atoms with Gasteiger partial charge in [0.25, 0.3) is 0 Å². The lowest BCUT2D eigenvalue weighted by atomic mass is 9.67. The zero-order valence-electron chi connectivity index (χ0n) is 29.0. The Labute approximate surface area is 252 Å². The largest absolute Gasteiger partial charge is 0.0984 e. The van der Waals surface area contributed by atoms with Crippen LogP contribution in [0.25, 0.3) is 5.57 Å². The molecule has 0 unspecified atom stereocenters. The molecular weight excluding hydrogens is 480 g/mol. The molecule has 0 fully saturated rings. The molecule has 3 aromatic carbocycles. The average molecular weight is 545 g/mol. The van der Waals surface area contributed by atoms with Crippen LogP contribution >= 0.6 is 0 Å². The Bertz CT molecular complexity index is 949. The summed E-state index contributed by atoms with van der Waals surface area (Å²) in [6, 6.07) is 30.3. The van der Waals surface area contributed by atoms with E-state index in [1.165, 1.54) is 33.4 Å². The van der Waals surface area contributed by atoms with E-state index in [2.05, 4.69) is 111 Å². The van der Waals surface area contributed by atoms with Crippen LogP contribution in [-0.4, -0.2) is 0 Å². The first-order chi connectivity index (χ1) is 19.8. The van der Waals surface area contributed by atoms with Gasteiger partial charge in [-0.3, -0.25) is 0 Å². The molecule has 0 amide bonds. The smallest absolute Gasteiger partial charge is 0.0713 e. The van der Waals surface area contributed by atoms with Gasteiger partial charge in [0.15, 0.2) is 0 Å². The second kappa shape index (κ2) is 30.4. The molecule has 1 aliphatic rings. The first-order valence-electron chi connectivity index (χ1n) is 16.0. The van der Waals surface area contributed by atoms with Crippen molar-refractivity contribution in [2.75, 3.05) is 0 Å². The van der Waals surface area contributed by atoms with Crippen molar-refractivity contribution in [3.8, 4) is 0 Å².